The van der Waals surface area contributed by atoms with E-state index in [4.69, 9.17) is 14.0 Å². The first-order valence-corrected chi connectivity index (χ1v) is 8.75. The van der Waals surface area contributed by atoms with E-state index in [9.17, 15) is 0 Å². The summed E-state index contributed by atoms with van der Waals surface area (Å²) >= 11 is 0. The number of hydrogen-bond donors (Lipinski definition) is 0. The van der Waals surface area contributed by atoms with Gasteiger partial charge in [0.05, 0.1) is 26.0 Å². The SMILES string of the molecule is COc1ccc(C2Cn3nnc(-c4nc(-c5ccccn5)no4)c3CO2)cc1. The number of fused-ring (bicyclic) bond motifs is 1. The maximum absolute atomic E-state index is 6.03. The lowest BCUT2D eigenvalue weighted by atomic mass is 10.1. The Morgan fingerprint density at radius 1 is 1.14 bits per heavy atom. The molecule has 9 nitrogen and oxygen atoms in total. The van der Waals surface area contributed by atoms with Crippen LogP contribution in [0.1, 0.15) is 17.4 Å². The Balaban J connectivity index is 1.39. The van der Waals surface area contributed by atoms with Crippen molar-refractivity contribution in [3.8, 4) is 28.9 Å². The van der Waals surface area contributed by atoms with E-state index < -0.39 is 0 Å². The van der Waals surface area contributed by atoms with Crippen molar-refractivity contribution in [2.75, 3.05) is 7.11 Å². The second-order valence-corrected chi connectivity index (χ2v) is 6.28. The van der Waals surface area contributed by atoms with Crippen LogP contribution in [0.15, 0.2) is 53.2 Å². The largest absolute Gasteiger partial charge is 0.497 e. The van der Waals surface area contributed by atoms with Crippen LogP contribution in [0.3, 0.4) is 0 Å². The van der Waals surface area contributed by atoms with Gasteiger partial charge in [-0.05, 0) is 29.8 Å². The number of methoxy groups -OCH3 is 1. The number of aromatic nitrogens is 6. The summed E-state index contributed by atoms with van der Waals surface area (Å²) in [5.74, 6) is 1.52. The summed E-state index contributed by atoms with van der Waals surface area (Å²) in [5.41, 5.74) is 3.02. The molecule has 0 bridgehead atoms. The molecule has 0 saturated heterocycles. The molecule has 1 atom stereocenters. The van der Waals surface area contributed by atoms with Crippen LogP contribution in [0.2, 0.25) is 0 Å². The van der Waals surface area contributed by atoms with Crippen molar-refractivity contribution in [2.45, 2.75) is 19.3 Å². The topological polar surface area (TPSA) is 101 Å². The minimum Gasteiger partial charge on any atom is -0.497 e. The third-order valence-electron chi connectivity index (χ3n) is 4.61. The van der Waals surface area contributed by atoms with Gasteiger partial charge in [0.25, 0.3) is 5.89 Å². The molecule has 0 amide bonds. The van der Waals surface area contributed by atoms with Gasteiger partial charge in [-0.3, -0.25) is 4.98 Å². The van der Waals surface area contributed by atoms with Crippen LogP contribution in [-0.4, -0.2) is 37.2 Å². The molecule has 3 aromatic heterocycles. The average molecular weight is 376 g/mol. The van der Waals surface area contributed by atoms with Crippen molar-refractivity contribution < 1.29 is 14.0 Å². The number of nitrogens with zero attached hydrogens (tertiary/aromatic N) is 6. The summed E-state index contributed by atoms with van der Waals surface area (Å²) in [4.78, 5) is 8.63. The molecule has 0 aliphatic carbocycles. The normalized spacial score (nSPS) is 16.0. The first-order chi connectivity index (χ1) is 13.8. The van der Waals surface area contributed by atoms with Gasteiger partial charge in [-0.2, -0.15) is 4.98 Å². The molecule has 28 heavy (non-hydrogen) atoms. The number of hydrogen-bond acceptors (Lipinski definition) is 8. The minimum absolute atomic E-state index is 0.111. The summed E-state index contributed by atoms with van der Waals surface area (Å²) in [6, 6.07) is 13.3. The van der Waals surface area contributed by atoms with E-state index >= 15 is 0 Å². The third-order valence-corrected chi connectivity index (χ3v) is 4.61. The van der Waals surface area contributed by atoms with Crippen LogP contribution < -0.4 is 4.74 Å². The Labute approximate surface area is 159 Å². The predicted molar refractivity (Wildman–Crippen MR) is 97.1 cm³/mol. The summed E-state index contributed by atoms with van der Waals surface area (Å²) in [7, 11) is 1.64. The Morgan fingerprint density at radius 2 is 2.04 bits per heavy atom. The molecule has 0 spiro atoms. The van der Waals surface area contributed by atoms with Crippen molar-refractivity contribution in [1.29, 1.82) is 0 Å². The lowest BCUT2D eigenvalue weighted by Crippen LogP contribution is -2.22. The van der Waals surface area contributed by atoms with E-state index in [2.05, 4.69) is 25.4 Å². The highest BCUT2D eigenvalue weighted by Crippen LogP contribution is 2.31. The monoisotopic (exact) mass is 376 g/mol. The van der Waals surface area contributed by atoms with E-state index in [1.165, 1.54) is 0 Å². The van der Waals surface area contributed by atoms with Crippen molar-refractivity contribution in [3.63, 3.8) is 0 Å². The van der Waals surface area contributed by atoms with Crippen molar-refractivity contribution in [3.05, 3.63) is 59.9 Å². The van der Waals surface area contributed by atoms with Gasteiger partial charge in [0.2, 0.25) is 5.82 Å². The van der Waals surface area contributed by atoms with Crippen molar-refractivity contribution >= 4 is 0 Å². The smallest absolute Gasteiger partial charge is 0.280 e. The molecule has 1 unspecified atom stereocenters. The zero-order valence-electron chi connectivity index (χ0n) is 15.0. The Hall–Kier alpha value is -3.59. The molecule has 0 saturated carbocycles. The quantitative estimate of drug-likeness (QED) is 0.536. The van der Waals surface area contributed by atoms with Gasteiger partial charge in [0.15, 0.2) is 5.69 Å². The summed E-state index contributed by atoms with van der Waals surface area (Å²) < 4.78 is 18.4. The van der Waals surface area contributed by atoms with Gasteiger partial charge in [0.1, 0.15) is 17.5 Å². The second kappa shape index (κ2) is 6.86. The fraction of sp³-hybridized carbons (Fsp3) is 0.211. The molecular formula is C19H16N6O3. The van der Waals surface area contributed by atoms with E-state index in [0.717, 1.165) is 17.0 Å². The molecular weight excluding hydrogens is 360 g/mol. The lowest BCUT2D eigenvalue weighted by molar-refractivity contribution is -0.00119. The van der Waals surface area contributed by atoms with Crippen LogP contribution in [0.25, 0.3) is 23.1 Å². The summed E-state index contributed by atoms with van der Waals surface area (Å²) in [6.45, 7) is 0.899. The molecule has 1 aliphatic rings. The molecule has 0 fully saturated rings. The summed E-state index contributed by atoms with van der Waals surface area (Å²) in [5, 5.41) is 12.5. The molecule has 1 aliphatic heterocycles. The number of benzene rings is 1. The van der Waals surface area contributed by atoms with Crippen LogP contribution in [0.4, 0.5) is 0 Å². The molecule has 1 aromatic carbocycles. The molecule has 4 aromatic rings. The Morgan fingerprint density at radius 3 is 2.82 bits per heavy atom. The van der Waals surface area contributed by atoms with Gasteiger partial charge in [-0.25, -0.2) is 4.68 Å². The highest BCUT2D eigenvalue weighted by atomic mass is 16.5. The van der Waals surface area contributed by atoms with Crippen LogP contribution >= 0.6 is 0 Å². The first kappa shape index (κ1) is 16.6. The van der Waals surface area contributed by atoms with Crippen LogP contribution in [0.5, 0.6) is 5.75 Å². The fourth-order valence-electron chi connectivity index (χ4n) is 3.12. The molecule has 9 heteroatoms. The number of rotatable bonds is 4. The van der Waals surface area contributed by atoms with Gasteiger partial charge < -0.3 is 14.0 Å². The van der Waals surface area contributed by atoms with Gasteiger partial charge in [0, 0.05) is 6.20 Å². The van der Waals surface area contributed by atoms with Crippen LogP contribution in [-0.2, 0) is 17.9 Å². The van der Waals surface area contributed by atoms with Gasteiger partial charge >= 0.3 is 0 Å². The molecule has 5 rings (SSSR count). The maximum atomic E-state index is 6.03. The highest BCUT2D eigenvalue weighted by molar-refractivity contribution is 5.55. The Bertz CT molecular complexity index is 1090. The lowest BCUT2D eigenvalue weighted by Gasteiger charge is -2.24. The first-order valence-electron chi connectivity index (χ1n) is 8.75. The molecule has 0 radical (unpaired) electrons. The number of pyridine rings is 1. The fourth-order valence-corrected chi connectivity index (χ4v) is 3.12. The van der Waals surface area contributed by atoms with Crippen LogP contribution in [0, 0.1) is 0 Å². The maximum Gasteiger partial charge on any atom is 0.280 e. The average Bonchev–Trinajstić information content (AvgIpc) is 3.41. The van der Waals surface area contributed by atoms with E-state index in [1.54, 1.807) is 13.3 Å². The standard InChI is InChI=1S/C19H16N6O3/c1-26-13-7-5-12(6-8-13)16-10-25-15(11-27-16)17(22-24-25)19-21-18(23-28-19)14-4-2-3-9-20-14/h2-9,16H,10-11H2,1H3. The third kappa shape index (κ3) is 2.91. The highest BCUT2D eigenvalue weighted by Gasteiger charge is 2.28. The Kier molecular flexibility index (Phi) is 4.06. The van der Waals surface area contributed by atoms with E-state index in [-0.39, 0.29) is 6.10 Å². The van der Waals surface area contributed by atoms with Crippen molar-refractivity contribution in [2.24, 2.45) is 0 Å². The predicted octanol–water partition coefficient (Wildman–Crippen LogP) is 2.67. The van der Waals surface area contributed by atoms with Gasteiger partial charge in [-0.1, -0.05) is 28.6 Å². The zero-order chi connectivity index (χ0) is 18.9. The van der Waals surface area contributed by atoms with Gasteiger partial charge in [-0.15, -0.1) is 5.10 Å². The van der Waals surface area contributed by atoms with E-state index in [0.29, 0.717) is 36.3 Å². The molecule has 4 heterocycles. The number of ether oxygens (including phenoxy) is 2. The summed E-state index contributed by atoms with van der Waals surface area (Å²) in [6.07, 6.45) is 1.57. The second-order valence-electron chi connectivity index (χ2n) is 6.28. The zero-order valence-corrected chi connectivity index (χ0v) is 15.0. The minimum atomic E-state index is -0.111. The van der Waals surface area contributed by atoms with Crippen molar-refractivity contribution in [1.82, 2.24) is 30.1 Å². The van der Waals surface area contributed by atoms with E-state index in [1.807, 2.05) is 47.1 Å². The molecule has 140 valence electrons. The molecule has 0 N–H and O–H groups in total.